The number of hydrogen-bond donors (Lipinski definition) is 1. The number of amidine groups is 1. The highest BCUT2D eigenvalue weighted by Gasteiger charge is 2.31. The summed E-state index contributed by atoms with van der Waals surface area (Å²) in [5.74, 6) is 3.01. The Morgan fingerprint density at radius 3 is 2.82 bits per heavy atom. The first-order valence-electron chi connectivity index (χ1n) is 7.30. The van der Waals surface area contributed by atoms with Crippen LogP contribution in [0, 0.1) is 11.8 Å². The molecule has 2 aliphatic carbocycles. The second kappa shape index (κ2) is 5.21. The number of thioether (sulfide) groups is 1. The molecular formula is C14H24N2S. The lowest BCUT2D eigenvalue weighted by Gasteiger charge is -2.37. The van der Waals surface area contributed by atoms with E-state index in [-0.39, 0.29) is 0 Å². The lowest BCUT2D eigenvalue weighted by Crippen LogP contribution is -2.46. The molecule has 0 aromatic carbocycles. The lowest BCUT2D eigenvalue weighted by atomic mass is 9.86. The molecule has 0 aromatic rings. The summed E-state index contributed by atoms with van der Waals surface area (Å²) in [5, 5.41) is 4.97. The molecule has 3 fully saturated rings. The van der Waals surface area contributed by atoms with Crippen molar-refractivity contribution in [3.05, 3.63) is 0 Å². The average molecular weight is 252 g/mol. The molecule has 2 nitrogen and oxygen atoms in total. The fraction of sp³-hybridized carbons (Fsp3) is 0.929. The van der Waals surface area contributed by atoms with Crippen LogP contribution in [0.1, 0.15) is 51.9 Å². The fourth-order valence-corrected chi connectivity index (χ4v) is 4.74. The van der Waals surface area contributed by atoms with Gasteiger partial charge in [0.15, 0.2) is 5.17 Å². The van der Waals surface area contributed by atoms with Gasteiger partial charge in [-0.2, -0.15) is 0 Å². The van der Waals surface area contributed by atoms with E-state index in [1.165, 1.54) is 55.9 Å². The van der Waals surface area contributed by atoms with E-state index in [9.17, 15) is 0 Å². The molecule has 17 heavy (non-hydrogen) atoms. The van der Waals surface area contributed by atoms with Crippen LogP contribution < -0.4 is 5.32 Å². The molecule has 3 rings (SSSR count). The molecule has 0 spiro atoms. The standard InChI is InChI=1S/C14H24N2S/c1-10-5-4-8-12(10)15-14-16-13-7-3-2-6-11(13)9-17-14/h10-13H,2-9H2,1H3,(H,15,16). The maximum Gasteiger partial charge on any atom is 0.157 e. The van der Waals surface area contributed by atoms with E-state index in [1.807, 2.05) is 11.8 Å². The van der Waals surface area contributed by atoms with Gasteiger partial charge in [-0.05, 0) is 37.5 Å². The van der Waals surface area contributed by atoms with Crippen LogP contribution in [0.15, 0.2) is 4.99 Å². The summed E-state index contributed by atoms with van der Waals surface area (Å²) in [6.45, 7) is 2.36. The van der Waals surface area contributed by atoms with Crippen LogP contribution in [-0.4, -0.2) is 23.0 Å². The van der Waals surface area contributed by atoms with E-state index < -0.39 is 0 Å². The summed E-state index contributed by atoms with van der Waals surface area (Å²) in [6, 6.07) is 1.34. The molecule has 3 heteroatoms. The van der Waals surface area contributed by atoms with E-state index in [0.29, 0.717) is 6.04 Å². The molecule has 3 aliphatic rings. The van der Waals surface area contributed by atoms with Crippen molar-refractivity contribution < 1.29 is 0 Å². The topological polar surface area (TPSA) is 24.4 Å². The Kier molecular flexibility index (Phi) is 3.64. The molecule has 4 atom stereocenters. The van der Waals surface area contributed by atoms with E-state index in [1.54, 1.807) is 0 Å². The van der Waals surface area contributed by atoms with Crippen LogP contribution in [0.5, 0.6) is 0 Å². The Morgan fingerprint density at radius 2 is 2.00 bits per heavy atom. The molecule has 1 saturated heterocycles. The summed E-state index contributed by atoms with van der Waals surface area (Å²) in [4.78, 5) is 4.98. The third kappa shape index (κ3) is 2.64. The zero-order chi connectivity index (χ0) is 11.7. The van der Waals surface area contributed by atoms with Gasteiger partial charge in [0.05, 0.1) is 6.04 Å². The molecule has 0 aromatic heterocycles. The van der Waals surface area contributed by atoms with Crippen molar-refractivity contribution in [2.45, 2.75) is 64.0 Å². The number of nitrogens with one attached hydrogen (secondary N) is 1. The predicted molar refractivity (Wildman–Crippen MR) is 75.6 cm³/mol. The quantitative estimate of drug-likeness (QED) is 0.773. The van der Waals surface area contributed by atoms with Gasteiger partial charge < -0.3 is 5.32 Å². The molecular weight excluding hydrogens is 228 g/mol. The second-order valence-corrected chi connectivity index (χ2v) is 7.02. The highest BCUT2D eigenvalue weighted by atomic mass is 32.2. The van der Waals surface area contributed by atoms with Gasteiger partial charge >= 0.3 is 0 Å². The minimum Gasteiger partial charge on any atom is -0.362 e. The van der Waals surface area contributed by atoms with Crippen LogP contribution in [0.25, 0.3) is 0 Å². The number of aliphatic imine (C=N–C) groups is 1. The zero-order valence-electron chi connectivity index (χ0n) is 10.8. The van der Waals surface area contributed by atoms with E-state index >= 15 is 0 Å². The molecule has 1 N–H and O–H groups in total. The van der Waals surface area contributed by atoms with Gasteiger partial charge in [0.1, 0.15) is 0 Å². The fourth-order valence-electron chi connectivity index (χ4n) is 3.53. The molecule has 0 bridgehead atoms. The number of rotatable bonds is 1. The summed E-state index contributed by atoms with van der Waals surface area (Å²) in [5.41, 5.74) is 0. The van der Waals surface area contributed by atoms with Crippen molar-refractivity contribution in [3.8, 4) is 0 Å². The predicted octanol–water partition coefficient (Wildman–Crippen LogP) is 3.43. The Morgan fingerprint density at radius 1 is 1.12 bits per heavy atom. The largest absolute Gasteiger partial charge is 0.362 e. The Bertz CT molecular complexity index is 303. The SMILES string of the molecule is CC1CCCC1N=C1NC2CCCCC2CS1. The second-order valence-electron chi connectivity index (χ2n) is 6.02. The van der Waals surface area contributed by atoms with Gasteiger partial charge in [-0.25, -0.2) is 0 Å². The van der Waals surface area contributed by atoms with Crippen LogP contribution in [0.4, 0.5) is 0 Å². The Balaban J connectivity index is 1.63. The normalized spacial score (nSPS) is 44.4. The first kappa shape index (κ1) is 11.9. The summed E-state index contributed by atoms with van der Waals surface area (Å²) < 4.78 is 0. The van der Waals surface area contributed by atoms with Gasteiger partial charge in [0.2, 0.25) is 0 Å². The smallest absolute Gasteiger partial charge is 0.157 e. The highest BCUT2D eigenvalue weighted by molar-refractivity contribution is 8.13. The molecule has 0 radical (unpaired) electrons. The van der Waals surface area contributed by atoms with Crippen LogP contribution in [-0.2, 0) is 0 Å². The molecule has 1 aliphatic heterocycles. The monoisotopic (exact) mass is 252 g/mol. The van der Waals surface area contributed by atoms with Crippen LogP contribution >= 0.6 is 11.8 Å². The average Bonchev–Trinajstić information content (AvgIpc) is 2.75. The molecule has 2 saturated carbocycles. The summed E-state index contributed by atoms with van der Waals surface area (Å²) in [6.07, 6.45) is 9.70. The van der Waals surface area contributed by atoms with E-state index in [2.05, 4.69) is 12.2 Å². The zero-order valence-corrected chi connectivity index (χ0v) is 11.6. The van der Waals surface area contributed by atoms with Crippen molar-refractivity contribution in [1.29, 1.82) is 0 Å². The Hall–Kier alpha value is -0.180. The maximum absolute atomic E-state index is 4.98. The number of nitrogens with zero attached hydrogens (tertiary/aromatic N) is 1. The van der Waals surface area contributed by atoms with E-state index in [0.717, 1.165) is 17.9 Å². The van der Waals surface area contributed by atoms with Crippen molar-refractivity contribution in [2.24, 2.45) is 16.8 Å². The van der Waals surface area contributed by atoms with Crippen LogP contribution in [0.2, 0.25) is 0 Å². The minimum atomic E-state index is 0.602. The van der Waals surface area contributed by atoms with Crippen molar-refractivity contribution >= 4 is 16.9 Å². The molecule has 0 amide bonds. The molecule has 4 unspecified atom stereocenters. The van der Waals surface area contributed by atoms with Gasteiger partial charge in [0.25, 0.3) is 0 Å². The van der Waals surface area contributed by atoms with Crippen molar-refractivity contribution in [1.82, 2.24) is 5.32 Å². The van der Waals surface area contributed by atoms with Gasteiger partial charge in [-0.1, -0.05) is 37.9 Å². The van der Waals surface area contributed by atoms with Gasteiger partial charge in [-0.3, -0.25) is 4.99 Å². The third-order valence-electron chi connectivity index (χ3n) is 4.75. The minimum absolute atomic E-state index is 0.602. The summed E-state index contributed by atoms with van der Waals surface area (Å²) >= 11 is 1.98. The number of fused-ring (bicyclic) bond motifs is 1. The van der Waals surface area contributed by atoms with E-state index in [4.69, 9.17) is 4.99 Å². The van der Waals surface area contributed by atoms with Gasteiger partial charge in [-0.15, -0.1) is 0 Å². The maximum atomic E-state index is 4.98. The lowest BCUT2D eigenvalue weighted by molar-refractivity contribution is 0.310. The van der Waals surface area contributed by atoms with Crippen LogP contribution in [0.3, 0.4) is 0 Å². The van der Waals surface area contributed by atoms with Crippen molar-refractivity contribution in [3.63, 3.8) is 0 Å². The van der Waals surface area contributed by atoms with Gasteiger partial charge in [0, 0.05) is 11.8 Å². The Labute approximate surface area is 109 Å². The first-order valence-corrected chi connectivity index (χ1v) is 8.28. The van der Waals surface area contributed by atoms with Crippen molar-refractivity contribution in [2.75, 3.05) is 5.75 Å². The summed E-state index contributed by atoms with van der Waals surface area (Å²) in [7, 11) is 0. The molecule has 1 heterocycles. The third-order valence-corrected chi connectivity index (χ3v) is 5.84. The molecule has 96 valence electrons. The first-order chi connectivity index (χ1) is 8.33. The number of hydrogen-bond acceptors (Lipinski definition) is 2. The highest BCUT2D eigenvalue weighted by Crippen LogP contribution is 2.33.